The van der Waals surface area contributed by atoms with E-state index < -0.39 is 6.10 Å². The highest BCUT2D eigenvalue weighted by Gasteiger charge is 2.16. The number of hydrogen-bond donors (Lipinski definition) is 1. The third-order valence-corrected chi connectivity index (χ3v) is 16.3. The number of aliphatic hydroxyl groups is 1. The van der Waals surface area contributed by atoms with Gasteiger partial charge >= 0.3 is 11.9 Å². The predicted molar refractivity (Wildman–Crippen MR) is 380 cm³/mol. The van der Waals surface area contributed by atoms with Crippen LogP contribution in [-0.4, -0.2) is 36.4 Å². The van der Waals surface area contributed by atoms with Crippen LogP contribution in [0.15, 0.2) is 122 Å². The lowest BCUT2D eigenvalue weighted by Crippen LogP contribution is -2.28. The maximum absolute atomic E-state index is 12.3. The molecule has 494 valence electrons. The molecule has 1 unspecified atom stereocenters. The Hall–Kier alpha value is -3.70. The minimum absolute atomic E-state index is 0.0877. The molecule has 0 heterocycles. The molecule has 0 amide bonds. The van der Waals surface area contributed by atoms with E-state index in [4.69, 9.17) is 9.47 Å². The summed E-state index contributed by atoms with van der Waals surface area (Å²) in [6.45, 7) is 4.03. The molecule has 0 aliphatic heterocycles. The summed E-state index contributed by atoms with van der Waals surface area (Å²) < 4.78 is 10.7. The van der Waals surface area contributed by atoms with Crippen molar-refractivity contribution in [1.29, 1.82) is 0 Å². The van der Waals surface area contributed by atoms with E-state index in [1.165, 1.54) is 231 Å². The quantitative estimate of drug-likeness (QED) is 0.0373. The molecular weight excluding hydrogens is 1050 g/mol. The topological polar surface area (TPSA) is 72.8 Å². The number of hydrogen-bond acceptors (Lipinski definition) is 5. The minimum atomic E-state index is -0.805. The van der Waals surface area contributed by atoms with Crippen LogP contribution in [0.5, 0.6) is 0 Å². The van der Waals surface area contributed by atoms with Gasteiger partial charge in [0.2, 0.25) is 0 Å². The molecule has 0 aromatic rings. The fourth-order valence-corrected chi connectivity index (χ4v) is 10.8. The smallest absolute Gasteiger partial charge is 0.306 e. The summed E-state index contributed by atoms with van der Waals surface area (Å²) >= 11 is 0. The molecule has 5 heteroatoms. The fraction of sp³-hybridized carbons (Fsp3) is 0.728. The van der Waals surface area contributed by atoms with E-state index in [2.05, 4.69) is 135 Å². The van der Waals surface area contributed by atoms with Gasteiger partial charge in [-0.3, -0.25) is 9.59 Å². The summed E-state index contributed by atoms with van der Waals surface area (Å²) in [5.74, 6) is -0.636. The maximum Gasteiger partial charge on any atom is 0.306 e. The molecule has 0 spiro atoms. The van der Waals surface area contributed by atoms with Gasteiger partial charge < -0.3 is 14.6 Å². The highest BCUT2D eigenvalue weighted by atomic mass is 16.6. The number of allylic oxidation sites excluding steroid dienone is 20. The average Bonchev–Trinajstić information content (AvgIpc) is 3.55. The second-order valence-electron chi connectivity index (χ2n) is 24.7. The molecule has 0 aliphatic carbocycles. The Balaban J connectivity index is 3.50. The lowest BCUT2D eigenvalue weighted by atomic mass is 10.0. The van der Waals surface area contributed by atoms with Crippen LogP contribution in [0.4, 0.5) is 0 Å². The third kappa shape index (κ3) is 72.8. The Morgan fingerprint density at radius 2 is 0.500 bits per heavy atom. The van der Waals surface area contributed by atoms with E-state index in [1.54, 1.807) is 0 Å². The largest absolute Gasteiger partial charge is 0.462 e. The molecule has 0 saturated carbocycles. The van der Waals surface area contributed by atoms with E-state index in [-0.39, 0.29) is 25.2 Å². The summed E-state index contributed by atoms with van der Waals surface area (Å²) in [6.07, 6.45) is 111. The molecule has 0 rings (SSSR count). The van der Waals surface area contributed by atoms with Crippen LogP contribution in [0.1, 0.15) is 361 Å². The zero-order valence-electron chi connectivity index (χ0n) is 56.8. The lowest BCUT2D eigenvalue weighted by molar-refractivity contribution is -0.161. The summed E-state index contributed by atoms with van der Waals surface area (Å²) in [5.41, 5.74) is 0. The van der Waals surface area contributed by atoms with E-state index in [0.29, 0.717) is 12.8 Å². The number of aliphatic hydroxyl groups excluding tert-OH is 1. The van der Waals surface area contributed by atoms with Crippen molar-refractivity contribution in [1.82, 2.24) is 0 Å². The van der Waals surface area contributed by atoms with Gasteiger partial charge in [0.25, 0.3) is 0 Å². The molecule has 0 aliphatic rings. The van der Waals surface area contributed by atoms with Crippen molar-refractivity contribution in [2.24, 2.45) is 0 Å². The summed E-state index contributed by atoms with van der Waals surface area (Å²) in [7, 11) is 0. The minimum Gasteiger partial charge on any atom is -0.462 e. The van der Waals surface area contributed by atoms with Crippen LogP contribution >= 0.6 is 0 Å². The molecule has 0 radical (unpaired) electrons. The highest BCUT2D eigenvalue weighted by molar-refractivity contribution is 5.70. The van der Waals surface area contributed by atoms with Gasteiger partial charge in [0.05, 0.1) is 6.61 Å². The normalized spacial score (nSPS) is 12.9. The first-order valence-corrected chi connectivity index (χ1v) is 37.1. The Morgan fingerprint density at radius 1 is 0.279 bits per heavy atom. The van der Waals surface area contributed by atoms with Crippen molar-refractivity contribution >= 4 is 11.9 Å². The van der Waals surface area contributed by atoms with Gasteiger partial charge in [-0.2, -0.15) is 0 Å². The highest BCUT2D eigenvalue weighted by Crippen LogP contribution is 2.19. The molecule has 5 nitrogen and oxygen atoms in total. The Morgan fingerprint density at radius 3 is 0.756 bits per heavy atom. The summed E-state index contributed by atoms with van der Waals surface area (Å²) in [4.78, 5) is 24.6. The van der Waals surface area contributed by atoms with Gasteiger partial charge in [-0.05, 0) is 89.9 Å². The van der Waals surface area contributed by atoms with Crippen molar-refractivity contribution in [3.8, 4) is 0 Å². The lowest BCUT2D eigenvalue weighted by Gasteiger charge is -2.15. The first-order valence-electron chi connectivity index (χ1n) is 37.1. The maximum atomic E-state index is 12.3. The third-order valence-electron chi connectivity index (χ3n) is 16.3. The van der Waals surface area contributed by atoms with Crippen LogP contribution in [-0.2, 0) is 19.1 Å². The molecule has 1 atom stereocenters. The zero-order valence-corrected chi connectivity index (χ0v) is 56.8. The standard InChI is InChI=1S/C81H140O5/c1-3-5-7-9-11-13-15-17-19-21-23-25-27-29-31-33-35-37-38-39-40-41-42-44-45-47-49-51-53-55-57-59-61-63-65-67-69-71-73-75-80(83)85-78-79(77-82)86-81(84)76-74-72-70-68-66-64-62-60-58-56-54-52-50-48-46-43-36-34-32-30-28-26-24-22-20-18-16-14-12-10-8-6-4-2/h6,8,12,14,18,20,24,26,30,32,36,43,48,50,54,56,60,62,66,68,79,82H,3-5,7,9-11,13,15-17,19,21-23,25,27-29,31,33-35,37-42,44-47,49,51-53,55,57-59,61,63-65,67,69-78H2,1-2H3/b8-6-,14-12-,20-18-,26-24-,32-30-,43-36-,50-48-,56-54-,62-60-,68-66-. The summed E-state index contributed by atoms with van der Waals surface area (Å²) in [6, 6.07) is 0. The molecule has 0 aromatic carbocycles. The van der Waals surface area contributed by atoms with Crippen LogP contribution in [0.25, 0.3) is 0 Å². The second-order valence-corrected chi connectivity index (χ2v) is 24.7. The second kappa shape index (κ2) is 75.5. The SMILES string of the molecule is CC/C=C\C/C=C\C/C=C\C/C=C\C/C=C\C/C=C\C/C=C\C/C=C\C/C=C\C/C=C\CCCCC(=O)OC(CO)COC(=O)CCCCCCCCCCCCCCCCCCCCCCCCCCCCCCCCCCCCCCCCC. The molecule has 0 aromatic heterocycles. The van der Waals surface area contributed by atoms with Crippen molar-refractivity contribution < 1.29 is 24.2 Å². The molecule has 86 heavy (non-hydrogen) atoms. The van der Waals surface area contributed by atoms with E-state index in [0.717, 1.165) is 103 Å². The predicted octanol–water partition coefficient (Wildman–Crippen LogP) is 26.1. The number of esters is 2. The van der Waals surface area contributed by atoms with E-state index in [9.17, 15) is 14.7 Å². The number of rotatable bonds is 68. The Labute approximate surface area is 534 Å². The monoisotopic (exact) mass is 1190 g/mol. The van der Waals surface area contributed by atoms with Gasteiger partial charge in [0.1, 0.15) is 6.61 Å². The zero-order chi connectivity index (χ0) is 61.9. The van der Waals surface area contributed by atoms with Gasteiger partial charge in [0.15, 0.2) is 6.10 Å². The van der Waals surface area contributed by atoms with E-state index in [1.807, 2.05) is 0 Å². The average molecular weight is 1190 g/mol. The van der Waals surface area contributed by atoms with Gasteiger partial charge in [0, 0.05) is 12.8 Å². The summed E-state index contributed by atoms with van der Waals surface area (Å²) in [5, 5.41) is 9.70. The van der Waals surface area contributed by atoms with Crippen LogP contribution in [0, 0.1) is 0 Å². The van der Waals surface area contributed by atoms with Crippen molar-refractivity contribution in [2.45, 2.75) is 367 Å². The number of carbonyl (C=O) groups is 2. The van der Waals surface area contributed by atoms with Gasteiger partial charge in [-0.15, -0.1) is 0 Å². The molecule has 0 fully saturated rings. The van der Waals surface area contributed by atoms with Gasteiger partial charge in [-0.1, -0.05) is 379 Å². The van der Waals surface area contributed by atoms with Crippen LogP contribution < -0.4 is 0 Å². The molecular formula is C81H140O5. The fourth-order valence-electron chi connectivity index (χ4n) is 10.8. The number of carbonyl (C=O) groups excluding carboxylic acids is 2. The van der Waals surface area contributed by atoms with Crippen molar-refractivity contribution in [3.63, 3.8) is 0 Å². The van der Waals surface area contributed by atoms with Crippen LogP contribution in [0.2, 0.25) is 0 Å². The van der Waals surface area contributed by atoms with Gasteiger partial charge in [-0.25, -0.2) is 0 Å². The number of ether oxygens (including phenoxy) is 2. The Bertz CT molecular complexity index is 1690. The molecule has 0 bridgehead atoms. The number of unbranched alkanes of at least 4 members (excludes halogenated alkanes) is 40. The molecule has 0 saturated heterocycles. The van der Waals surface area contributed by atoms with Crippen LogP contribution in [0.3, 0.4) is 0 Å². The van der Waals surface area contributed by atoms with Crippen molar-refractivity contribution in [3.05, 3.63) is 122 Å². The molecule has 1 N–H and O–H groups in total. The van der Waals surface area contributed by atoms with E-state index >= 15 is 0 Å². The first-order chi connectivity index (χ1) is 42.6. The Kier molecular flexibility index (Phi) is 72.3. The first kappa shape index (κ1) is 82.3. The van der Waals surface area contributed by atoms with Crippen molar-refractivity contribution in [2.75, 3.05) is 13.2 Å².